The summed E-state index contributed by atoms with van der Waals surface area (Å²) in [5.74, 6) is -0.372. The highest BCUT2D eigenvalue weighted by atomic mass is 16.7. The third-order valence-corrected chi connectivity index (χ3v) is 7.73. The Labute approximate surface area is 278 Å². The monoisotopic (exact) mass is 652 g/mol. The van der Waals surface area contributed by atoms with Crippen LogP contribution in [0.25, 0.3) is 0 Å². The summed E-state index contributed by atoms with van der Waals surface area (Å²) >= 11 is 0. The molecule has 0 aromatic carbocycles. The molecule has 0 saturated carbocycles. The Balaban J connectivity index is 2.07. The molecule has 1 rings (SSSR count). The summed E-state index contributed by atoms with van der Waals surface area (Å²) in [7, 11) is 0. The van der Waals surface area contributed by atoms with Crippen molar-refractivity contribution in [3.05, 3.63) is 48.6 Å². The van der Waals surface area contributed by atoms with Crippen LogP contribution in [0.3, 0.4) is 0 Å². The number of carbonyl (C=O) groups is 1. The number of hydrogen-bond acceptors (Lipinski definition) is 9. The molecule has 0 aromatic heterocycles. The van der Waals surface area contributed by atoms with Crippen LogP contribution in [-0.4, -0.2) is 89.6 Å². The molecule has 0 aromatic rings. The van der Waals surface area contributed by atoms with Crippen molar-refractivity contribution in [3.8, 4) is 0 Å². The minimum Gasteiger partial charge on any atom is -0.457 e. The molecule has 6 atom stereocenters. The molecule has 1 fully saturated rings. The van der Waals surface area contributed by atoms with Gasteiger partial charge < -0.3 is 39.4 Å². The summed E-state index contributed by atoms with van der Waals surface area (Å²) in [4.78, 5) is 12.1. The lowest BCUT2D eigenvalue weighted by Gasteiger charge is -2.39. The average Bonchev–Trinajstić information content (AvgIpc) is 3.05. The number of allylic oxidation sites excluding steroid dienone is 8. The fourth-order valence-electron chi connectivity index (χ4n) is 4.99. The molecule has 6 unspecified atom stereocenters. The minimum absolute atomic E-state index is 0.123. The first-order chi connectivity index (χ1) is 22.4. The largest absolute Gasteiger partial charge is 0.457 e. The van der Waals surface area contributed by atoms with Gasteiger partial charge in [-0.25, -0.2) is 0 Å². The molecular formula is C37H64O9. The fraction of sp³-hybridized carbons (Fsp3) is 0.757. The first-order valence-corrected chi connectivity index (χ1v) is 17.7. The molecule has 4 N–H and O–H groups in total. The minimum atomic E-state index is -1.53. The highest BCUT2D eigenvalue weighted by molar-refractivity contribution is 5.69. The predicted octanol–water partition coefficient (Wildman–Crippen LogP) is 6.24. The smallest absolute Gasteiger partial charge is 0.306 e. The summed E-state index contributed by atoms with van der Waals surface area (Å²) in [6, 6.07) is 0. The van der Waals surface area contributed by atoms with E-state index in [4.69, 9.17) is 18.9 Å². The Morgan fingerprint density at radius 3 is 1.87 bits per heavy atom. The van der Waals surface area contributed by atoms with Crippen molar-refractivity contribution in [2.45, 2.75) is 153 Å². The second kappa shape index (κ2) is 29.3. The zero-order valence-corrected chi connectivity index (χ0v) is 28.6. The van der Waals surface area contributed by atoms with Crippen LogP contribution in [0.5, 0.6) is 0 Å². The van der Waals surface area contributed by atoms with Gasteiger partial charge in [0, 0.05) is 13.0 Å². The molecule has 1 aliphatic heterocycles. The van der Waals surface area contributed by atoms with E-state index in [1.807, 2.05) is 6.92 Å². The summed E-state index contributed by atoms with van der Waals surface area (Å²) in [5.41, 5.74) is 0. The van der Waals surface area contributed by atoms with Crippen LogP contribution >= 0.6 is 0 Å². The molecule has 0 amide bonds. The van der Waals surface area contributed by atoms with E-state index in [2.05, 4.69) is 55.5 Å². The topological polar surface area (TPSA) is 135 Å². The van der Waals surface area contributed by atoms with E-state index in [1.54, 1.807) is 0 Å². The highest BCUT2D eigenvalue weighted by Gasteiger charge is 2.44. The third kappa shape index (κ3) is 21.1. The van der Waals surface area contributed by atoms with Gasteiger partial charge in [0.25, 0.3) is 0 Å². The van der Waals surface area contributed by atoms with Crippen LogP contribution in [0.2, 0.25) is 0 Å². The number of esters is 1. The summed E-state index contributed by atoms with van der Waals surface area (Å²) in [6.45, 7) is 4.04. The zero-order valence-electron chi connectivity index (χ0n) is 28.6. The molecule has 1 saturated heterocycles. The zero-order chi connectivity index (χ0) is 33.7. The molecule has 0 aliphatic carbocycles. The van der Waals surface area contributed by atoms with Crippen molar-refractivity contribution in [1.29, 1.82) is 0 Å². The maximum atomic E-state index is 12.1. The lowest BCUT2D eigenvalue weighted by Crippen LogP contribution is -2.59. The van der Waals surface area contributed by atoms with Crippen molar-refractivity contribution in [1.82, 2.24) is 0 Å². The number of rotatable bonds is 28. The van der Waals surface area contributed by atoms with Gasteiger partial charge in [0.2, 0.25) is 0 Å². The van der Waals surface area contributed by atoms with Crippen molar-refractivity contribution in [2.75, 3.05) is 26.4 Å². The van der Waals surface area contributed by atoms with Gasteiger partial charge in [-0.05, 0) is 51.4 Å². The Hall–Kier alpha value is -1.85. The van der Waals surface area contributed by atoms with Gasteiger partial charge in [-0.1, -0.05) is 107 Å². The van der Waals surface area contributed by atoms with E-state index < -0.39 is 43.4 Å². The summed E-state index contributed by atoms with van der Waals surface area (Å²) in [6.07, 6.45) is 27.3. The van der Waals surface area contributed by atoms with Crippen LogP contribution in [-0.2, 0) is 23.7 Å². The van der Waals surface area contributed by atoms with E-state index in [9.17, 15) is 25.2 Å². The first-order valence-electron chi connectivity index (χ1n) is 17.7. The maximum absolute atomic E-state index is 12.1. The lowest BCUT2D eigenvalue weighted by molar-refractivity contribution is -0.305. The lowest BCUT2D eigenvalue weighted by atomic mass is 9.99. The van der Waals surface area contributed by atoms with Crippen molar-refractivity contribution < 1.29 is 44.2 Å². The second-order valence-corrected chi connectivity index (χ2v) is 11.9. The molecule has 0 spiro atoms. The molecule has 0 radical (unpaired) electrons. The quantitative estimate of drug-likeness (QED) is 0.0440. The van der Waals surface area contributed by atoms with Gasteiger partial charge in [-0.2, -0.15) is 0 Å². The molecule has 266 valence electrons. The Kier molecular flexibility index (Phi) is 26.9. The molecule has 0 bridgehead atoms. The van der Waals surface area contributed by atoms with Crippen LogP contribution in [0, 0.1) is 0 Å². The SMILES string of the molecule is CC/C=C\C/C=C\C/C=C\C/C=C\CCCCCCCCCCCOCC(COC1OC(CO)C(O)C(O)C1O)OC(=O)CCC. The number of carbonyl (C=O) groups excluding carboxylic acids is 1. The predicted molar refractivity (Wildman–Crippen MR) is 182 cm³/mol. The first kappa shape index (κ1) is 42.2. The van der Waals surface area contributed by atoms with Crippen LogP contribution in [0.1, 0.15) is 117 Å². The van der Waals surface area contributed by atoms with Gasteiger partial charge in [-0.3, -0.25) is 4.79 Å². The number of aliphatic hydroxyl groups is 4. The number of hydrogen-bond donors (Lipinski definition) is 4. The molecule has 9 heteroatoms. The standard InChI is InChI=1S/C37H64O9/c1-3-5-6-7-8-9-10-11-12-13-14-15-16-17-18-19-20-21-22-23-24-25-27-43-29-31(45-33(39)26-4-2)30-44-37-36(42)35(41)34(40)32(28-38)46-37/h5-6,8-9,11-12,14-15,31-32,34-38,40-42H,3-4,7,10,13,16-30H2,1-2H3/b6-5-,9-8-,12-11-,15-14-. The average molecular weight is 653 g/mol. The second-order valence-electron chi connectivity index (χ2n) is 11.9. The Morgan fingerprint density at radius 2 is 1.28 bits per heavy atom. The summed E-state index contributed by atoms with van der Waals surface area (Å²) in [5, 5.41) is 39.4. The molecule has 1 aliphatic rings. The van der Waals surface area contributed by atoms with Crippen LogP contribution in [0.15, 0.2) is 48.6 Å². The van der Waals surface area contributed by atoms with Crippen LogP contribution in [0.4, 0.5) is 0 Å². The Morgan fingerprint density at radius 1 is 0.717 bits per heavy atom. The third-order valence-electron chi connectivity index (χ3n) is 7.73. The summed E-state index contributed by atoms with van der Waals surface area (Å²) < 4.78 is 22.2. The molecule has 9 nitrogen and oxygen atoms in total. The number of aliphatic hydroxyl groups excluding tert-OH is 4. The van der Waals surface area contributed by atoms with Crippen molar-refractivity contribution in [2.24, 2.45) is 0 Å². The van der Waals surface area contributed by atoms with Gasteiger partial charge in [0.05, 0.1) is 19.8 Å². The number of ether oxygens (including phenoxy) is 4. The molecule has 46 heavy (non-hydrogen) atoms. The Bertz CT molecular complexity index is 839. The van der Waals surface area contributed by atoms with Crippen LogP contribution < -0.4 is 0 Å². The van der Waals surface area contributed by atoms with E-state index in [0.29, 0.717) is 13.0 Å². The van der Waals surface area contributed by atoms with E-state index in [0.717, 1.165) is 44.9 Å². The number of unbranched alkanes of at least 4 members (excludes halogenated alkanes) is 9. The molecular weight excluding hydrogens is 588 g/mol. The van der Waals surface area contributed by atoms with Gasteiger partial charge in [-0.15, -0.1) is 0 Å². The van der Waals surface area contributed by atoms with E-state index in [-0.39, 0.29) is 25.6 Å². The molecule has 1 heterocycles. The van der Waals surface area contributed by atoms with E-state index in [1.165, 1.54) is 44.9 Å². The van der Waals surface area contributed by atoms with Gasteiger partial charge in [0.1, 0.15) is 30.5 Å². The highest BCUT2D eigenvalue weighted by Crippen LogP contribution is 2.22. The van der Waals surface area contributed by atoms with Gasteiger partial charge in [0.15, 0.2) is 6.29 Å². The fourth-order valence-corrected chi connectivity index (χ4v) is 4.99. The maximum Gasteiger partial charge on any atom is 0.306 e. The van der Waals surface area contributed by atoms with Gasteiger partial charge >= 0.3 is 5.97 Å². The van der Waals surface area contributed by atoms with Crippen molar-refractivity contribution >= 4 is 5.97 Å². The van der Waals surface area contributed by atoms with Crippen molar-refractivity contribution in [3.63, 3.8) is 0 Å². The normalized spacial score (nSPS) is 23.0. The van der Waals surface area contributed by atoms with E-state index >= 15 is 0 Å².